The maximum atomic E-state index is 13.2. The van der Waals surface area contributed by atoms with Crippen LogP contribution in [0.25, 0.3) is 22.3 Å². The number of benzene rings is 2. The van der Waals surface area contributed by atoms with E-state index < -0.39 is 0 Å². The maximum absolute atomic E-state index is 13.2. The van der Waals surface area contributed by atoms with Gasteiger partial charge in [-0.1, -0.05) is 24.3 Å². The van der Waals surface area contributed by atoms with E-state index in [1.807, 2.05) is 59.5 Å². The molecule has 8 heteroatoms. The predicted molar refractivity (Wildman–Crippen MR) is 124 cm³/mol. The zero-order valence-electron chi connectivity index (χ0n) is 18.6. The monoisotopic (exact) mass is 443 g/mol. The molecule has 168 valence electrons. The Morgan fingerprint density at radius 3 is 2.55 bits per heavy atom. The summed E-state index contributed by atoms with van der Waals surface area (Å²) < 4.78 is 13.1. The van der Waals surface area contributed by atoms with Crippen molar-refractivity contribution in [2.45, 2.75) is 18.9 Å². The first-order chi connectivity index (χ1) is 16.1. The van der Waals surface area contributed by atoms with E-state index >= 15 is 0 Å². The van der Waals surface area contributed by atoms with Gasteiger partial charge in [0.25, 0.3) is 5.91 Å². The third-order valence-corrected chi connectivity index (χ3v) is 5.92. The number of carbonyl (C=O) groups excluding carboxylic acids is 1. The van der Waals surface area contributed by atoms with Crippen LogP contribution in [0.15, 0.2) is 60.8 Å². The van der Waals surface area contributed by atoms with Crippen LogP contribution in [0.4, 0.5) is 0 Å². The van der Waals surface area contributed by atoms with Crippen molar-refractivity contribution in [3.05, 3.63) is 66.5 Å². The van der Waals surface area contributed by atoms with Crippen LogP contribution in [0.5, 0.6) is 11.6 Å². The molecule has 2 aromatic heterocycles. The molecule has 3 heterocycles. The van der Waals surface area contributed by atoms with E-state index in [1.165, 1.54) is 0 Å². The van der Waals surface area contributed by atoms with Gasteiger partial charge in [-0.15, -0.1) is 0 Å². The predicted octanol–water partition coefficient (Wildman–Crippen LogP) is 3.72. The summed E-state index contributed by atoms with van der Waals surface area (Å²) in [6.07, 6.45) is 3.13. The van der Waals surface area contributed by atoms with E-state index in [9.17, 15) is 4.79 Å². The highest BCUT2D eigenvalue weighted by molar-refractivity contribution is 5.94. The first kappa shape index (κ1) is 20.9. The second-order valence-electron chi connectivity index (χ2n) is 8.05. The number of aryl methyl sites for hydroxylation is 1. The van der Waals surface area contributed by atoms with Crippen LogP contribution in [0.1, 0.15) is 23.3 Å². The van der Waals surface area contributed by atoms with Crippen molar-refractivity contribution in [1.29, 1.82) is 0 Å². The molecule has 0 atom stereocenters. The van der Waals surface area contributed by atoms with Crippen molar-refractivity contribution in [3.8, 4) is 22.9 Å². The van der Waals surface area contributed by atoms with Crippen molar-refractivity contribution >= 4 is 16.9 Å². The molecule has 2 aromatic carbocycles. The summed E-state index contributed by atoms with van der Waals surface area (Å²) in [5.41, 5.74) is 3.78. The third-order valence-electron chi connectivity index (χ3n) is 5.92. The summed E-state index contributed by atoms with van der Waals surface area (Å²) in [4.78, 5) is 24.0. The molecular weight excluding hydrogens is 418 g/mol. The highest BCUT2D eigenvalue weighted by atomic mass is 16.5. The number of carbonyl (C=O) groups is 1. The molecule has 33 heavy (non-hydrogen) atoms. The van der Waals surface area contributed by atoms with Crippen LogP contribution in [0, 0.1) is 0 Å². The van der Waals surface area contributed by atoms with Gasteiger partial charge in [0.2, 0.25) is 5.88 Å². The van der Waals surface area contributed by atoms with Gasteiger partial charge in [0.15, 0.2) is 0 Å². The van der Waals surface area contributed by atoms with Crippen molar-refractivity contribution < 1.29 is 14.3 Å². The molecule has 0 radical (unpaired) electrons. The van der Waals surface area contributed by atoms with Crippen molar-refractivity contribution in [3.63, 3.8) is 0 Å². The van der Waals surface area contributed by atoms with Gasteiger partial charge < -0.3 is 14.4 Å². The second-order valence-corrected chi connectivity index (χ2v) is 8.05. The number of hydrogen-bond donors (Lipinski definition) is 0. The lowest BCUT2D eigenvalue weighted by Gasteiger charge is -2.31. The molecule has 8 nitrogen and oxygen atoms in total. The minimum atomic E-state index is -0.0323. The number of rotatable bonds is 5. The lowest BCUT2D eigenvalue weighted by Crippen LogP contribution is -2.42. The molecule has 5 rings (SSSR count). The summed E-state index contributed by atoms with van der Waals surface area (Å²) in [6, 6.07) is 17.2. The first-order valence-corrected chi connectivity index (χ1v) is 11.0. The molecule has 0 spiro atoms. The fourth-order valence-electron chi connectivity index (χ4n) is 4.16. The standard InChI is InChI=1S/C25H25N5O3/c1-29-22(15-21(28-29)18-7-3-6-10-23(18)32-2)25(31)30-13-11-17(12-14-30)33-24-16-26-19-8-4-5-9-20(19)27-24/h3-10,15-17H,11-14H2,1-2H3. The number of likely N-dealkylation sites (tertiary alicyclic amines) is 1. The smallest absolute Gasteiger partial charge is 0.272 e. The van der Waals surface area contributed by atoms with E-state index in [-0.39, 0.29) is 12.0 Å². The SMILES string of the molecule is COc1ccccc1-c1cc(C(=O)N2CCC(Oc3cnc4ccccc4n3)CC2)n(C)n1. The Balaban J connectivity index is 1.24. The number of amides is 1. The molecular formula is C25H25N5O3. The summed E-state index contributed by atoms with van der Waals surface area (Å²) in [5.74, 6) is 1.21. The van der Waals surface area contributed by atoms with E-state index in [2.05, 4.69) is 15.1 Å². The van der Waals surface area contributed by atoms with Gasteiger partial charge in [0.1, 0.15) is 17.5 Å². The van der Waals surface area contributed by atoms with E-state index in [4.69, 9.17) is 9.47 Å². The molecule has 1 fully saturated rings. The minimum absolute atomic E-state index is 0.000176. The zero-order chi connectivity index (χ0) is 22.8. The Labute approximate surface area is 191 Å². The fourth-order valence-corrected chi connectivity index (χ4v) is 4.16. The molecule has 0 aliphatic carbocycles. The van der Waals surface area contributed by atoms with Crippen LogP contribution in [0.3, 0.4) is 0 Å². The highest BCUT2D eigenvalue weighted by Gasteiger charge is 2.27. The average Bonchev–Trinajstić information content (AvgIpc) is 3.25. The normalized spacial score (nSPS) is 14.4. The Morgan fingerprint density at radius 1 is 1.03 bits per heavy atom. The van der Waals surface area contributed by atoms with Crippen LogP contribution < -0.4 is 9.47 Å². The molecule has 4 aromatic rings. The minimum Gasteiger partial charge on any atom is -0.496 e. The largest absolute Gasteiger partial charge is 0.496 e. The number of piperidine rings is 1. The van der Waals surface area contributed by atoms with E-state index in [1.54, 1.807) is 25.0 Å². The zero-order valence-corrected chi connectivity index (χ0v) is 18.6. The molecule has 1 saturated heterocycles. The van der Waals surface area contributed by atoms with Gasteiger partial charge in [-0.3, -0.25) is 9.48 Å². The molecule has 0 unspecified atom stereocenters. The van der Waals surface area contributed by atoms with Gasteiger partial charge in [0, 0.05) is 38.5 Å². The molecule has 0 bridgehead atoms. The topological polar surface area (TPSA) is 82.4 Å². The number of ether oxygens (including phenoxy) is 2. The van der Waals surface area contributed by atoms with Gasteiger partial charge in [-0.25, -0.2) is 9.97 Å². The Kier molecular flexibility index (Phi) is 5.64. The number of aromatic nitrogens is 4. The molecule has 1 aliphatic rings. The lowest BCUT2D eigenvalue weighted by atomic mass is 10.1. The van der Waals surface area contributed by atoms with Gasteiger partial charge >= 0.3 is 0 Å². The lowest BCUT2D eigenvalue weighted by molar-refractivity contribution is 0.0578. The molecule has 1 amide bonds. The average molecular weight is 444 g/mol. The summed E-state index contributed by atoms with van der Waals surface area (Å²) in [7, 11) is 3.42. The number of fused-ring (bicyclic) bond motifs is 1. The van der Waals surface area contributed by atoms with Crippen LogP contribution in [-0.4, -0.2) is 56.9 Å². The van der Waals surface area contributed by atoms with Gasteiger partial charge in [-0.2, -0.15) is 5.10 Å². The Hall–Kier alpha value is -3.94. The summed E-state index contributed by atoms with van der Waals surface area (Å²) in [5, 5.41) is 4.55. The van der Waals surface area contributed by atoms with E-state index in [0.717, 1.165) is 35.2 Å². The number of methoxy groups -OCH3 is 1. The number of nitrogens with zero attached hydrogens (tertiary/aromatic N) is 5. The summed E-state index contributed by atoms with van der Waals surface area (Å²) in [6.45, 7) is 1.22. The Morgan fingerprint density at radius 2 is 1.76 bits per heavy atom. The molecule has 0 N–H and O–H groups in total. The Bertz CT molecular complexity index is 1290. The van der Waals surface area contributed by atoms with Crippen LogP contribution in [0.2, 0.25) is 0 Å². The number of hydrogen-bond acceptors (Lipinski definition) is 6. The molecule has 0 saturated carbocycles. The maximum Gasteiger partial charge on any atom is 0.272 e. The van der Waals surface area contributed by atoms with Crippen LogP contribution >= 0.6 is 0 Å². The van der Waals surface area contributed by atoms with Gasteiger partial charge in [0.05, 0.1) is 30.0 Å². The summed E-state index contributed by atoms with van der Waals surface area (Å²) >= 11 is 0. The molecule has 1 aliphatic heterocycles. The number of para-hydroxylation sites is 3. The van der Waals surface area contributed by atoms with E-state index in [0.29, 0.717) is 30.4 Å². The second kappa shape index (κ2) is 8.90. The van der Waals surface area contributed by atoms with Crippen LogP contribution in [-0.2, 0) is 7.05 Å². The highest BCUT2D eigenvalue weighted by Crippen LogP contribution is 2.29. The van der Waals surface area contributed by atoms with Crippen molar-refractivity contribution in [1.82, 2.24) is 24.6 Å². The van der Waals surface area contributed by atoms with Gasteiger partial charge in [-0.05, 0) is 30.3 Å². The first-order valence-electron chi connectivity index (χ1n) is 11.0. The fraction of sp³-hybridized carbons (Fsp3) is 0.280. The third kappa shape index (κ3) is 4.24. The van der Waals surface area contributed by atoms with Crippen molar-refractivity contribution in [2.24, 2.45) is 7.05 Å². The van der Waals surface area contributed by atoms with Crippen molar-refractivity contribution in [2.75, 3.05) is 20.2 Å². The quantitative estimate of drug-likeness (QED) is 0.468.